The average molecular weight is 408 g/mol. The fourth-order valence-corrected chi connectivity index (χ4v) is 3.58. The minimum atomic E-state index is -0.131. The van der Waals surface area contributed by atoms with Crippen molar-refractivity contribution in [2.75, 3.05) is 5.32 Å². The Morgan fingerprint density at radius 3 is 2.41 bits per heavy atom. The van der Waals surface area contributed by atoms with Crippen LogP contribution in [0.3, 0.4) is 0 Å². The highest BCUT2D eigenvalue weighted by molar-refractivity contribution is 6.30. The zero-order valence-electron chi connectivity index (χ0n) is 16.6. The third-order valence-corrected chi connectivity index (χ3v) is 5.30. The molecule has 0 radical (unpaired) electrons. The normalized spacial score (nSPS) is 11.2. The second-order valence-corrected chi connectivity index (χ2v) is 7.65. The van der Waals surface area contributed by atoms with Crippen LogP contribution in [0.2, 0.25) is 5.02 Å². The predicted molar refractivity (Wildman–Crippen MR) is 116 cm³/mol. The van der Waals surface area contributed by atoms with Crippen LogP contribution in [0.5, 0.6) is 0 Å². The molecule has 0 bridgehead atoms. The topological polar surface area (TPSA) is 75.1 Å². The van der Waals surface area contributed by atoms with E-state index in [1.807, 2.05) is 37.3 Å². The molecule has 4 rings (SSSR count). The first-order valence-electron chi connectivity index (χ1n) is 9.44. The van der Waals surface area contributed by atoms with E-state index < -0.39 is 0 Å². The summed E-state index contributed by atoms with van der Waals surface area (Å²) < 4.78 is 1.42. The van der Waals surface area contributed by atoms with Crippen LogP contribution in [0.1, 0.15) is 33.8 Å². The minimum absolute atomic E-state index is 0.131. The molecule has 7 heteroatoms. The Morgan fingerprint density at radius 2 is 1.72 bits per heavy atom. The van der Waals surface area contributed by atoms with E-state index in [0.717, 1.165) is 22.4 Å². The van der Waals surface area contributed by atoms with Gasteiger partial charge in [-0.05, 0) is 49.6 Å². The van der Waals surface area contributed by atoms with Gasteiger partial charge < -0.3 is 5.32 Å². The number of nitrogens with zero attached hydrogens (tertiary/aromatic N) is 3. The van der Waals surface area contributed by atoms with Gasteiger partial charge in [-0.15, -0.1) is 0 Å². The van der Waals surface area contributed by atoms with Gasteiger partial charge in [0.15, 0.2) is 0 Å². The average Bonchev–Trinajstić information content (AvgIpc) is 3.09. The second kappa shape index (κ2) is 7.72. The van der Waals surface area contributed by atoms with E-state index in [9.17, 15) is 4.79 Å². The van der Waals surface area contributed by atoms with E-state index in [4.69, 9.17) is 11.6 Å². The number of aromatic amines is 1. The smallest absolute Gasteiger partial charge is 0.277 e. The third-order valence-electron chi connectivity index (χ3n) is 5.05. The van der Waals surface area contributed by atoms with Gasteiger partial charge in [-0.25, -0.2) is 4.98 Å². The van der Waals surface area contributed by atoms with Crippen LogP contribution in [0.4, 0.5) is 5.69 Å². The molecule has 0 saturated heterocycles. The number of H-pyrrole nitrogens is 1. The number of nitrogens with one attached hydrogen (secondary N) is 2. The summed E-state index contributed by atoms with van der Waals surface area (Å²) in [5.41, 5.74) is 5.61. The van der Waals surface area contributed by atoms with Gasteiger partial charge in [0.1, 0.15) is 5.82 Å². The monoisotopic (exact) mass is 407 g/mol. The molecule has 2 aromatic carbocycles. The number of hydrogen-bond acceptors (Lipinski definition) is 4. The molecule has 4 aromatic rings. The van der Waals surface area contributed by atoms with E-state index in [2.05, 4.69) is 46.4 Å². The van der Waals surface area contributed by atoms with Gasteiger partial charge >= 0.3 is 0 Å². The van der Waals surface area contributed by atoms with E-state index in [1.165, 1.54) is 4.52 Å². The lowest BCUT2D eigenvalue weighted by molar-refractivity contribution is 0.832. The Hall–Kier alpha value is -3.12. The van der Waals surface area contributed by atoms with E-state index >= 15 is 0 Å². The lowest BCUT2D eigenvalue weighted by Gasteiger charge is -2.10. The van der Waals surface area contributed by atoms with Gasteiger partial charge in [-0.1, -0.05) is 41.9 Å². The van der Waals surface area contributed by atoms with Crippen molar-refractivity contribution in [2.24, 2.45) is 0 Å². The number of aryl methyl sites for hydroxylation is 3. The molecule has 0 fully saturated rings. The summed E-state index contributed by atoms with van der Waals surface area (Å²) in [5.74, 6) is 1.03. The summed E-state index contributed by atoms with van der Waals surface area (Å²) in [6, 6.07) is 13.6. The van der Waals surface area contributed by atoms with Crippen LogP contribution >= 0.6 is 11.6 Å². The summed E-state index contributed by atoms with van der Waals surface area (Å²) in [5, 5.41) is 7.16. The zero-order valence-corrected chi connectivity index (χ0v) is 17.3. The molecule has 0 unspecified atom stereocenters. The molecule has 0 amide bonds. The molecule has 0 aliphatic rings. The maximum atomic E-state index is 13.0. The Kier molecular flexibility index (Phi) is 5.11. The molecule has 2 aromatic heterocycles. The Balaban J connectivity index is 1.63. The number of halogens is 1. The highest BCUT2D eigenvalue weighted by Crippen LogP contribution is 2.20. The molecular formula is C22H22ClN5O. The molecule has 148 valence electrons. The van der Waals surface area contributed by atoms with Crippen LogP contribution in [0, 0.1) is 20.8 Å². The third kappa shape index (κ3) is 3.89. The van der Waals surface area contributed by atoms with Crippen LogP contribution in [0.15, 0.2) is 47.3 Å². The van der Waals surface area contributed by atoms with Gasteiger partial charge in [0.25, 0.3) is 11.3 Å². The SMILES string of the molecule is Cc1cccc(C)c1NCc1nc2nc(C)c(Cc3ccc(Cl)cc3)c(=O)n2[nH]1. The van der Waals surface area contributed by atoms with Crippen LogP contribution < -0.4 is 10.9 Å². The van der Waals surface area contributed by atoms with Crippen molar-refractivity contribution in [1.29, 1.82) is 0 Å². The summed E-state index contributed by atoms with van der Waals surface area (Å²) in [6.45, 7) is 6.44. The van der Waals surface area contributed by atoms with Gasteiger partial charge in [-0.3, -0.25) is 9.89 Å². The zero-order chi connectivity index (χ0) is 20.5. The van der Waals surface area contributed by atoms with Crippen LogP contribution in [-0.2, 0) is 13.0 Å². The maximum Gasteiger partial charge on any atom is 0.277 e. The number of para-hydroxylation sites is 1. The second-order valence-electron chi connectivity index (χ2n) is 7.21. The minimum Gasteiger partial charge on any atom is -0.377 e. The first-order chi connectivity index (χ1) is 13.9. The number of hydrogen-bond donors (Lipinski definition) is 2. The van der Waals surface area contributed by atoms with Gasteiger partial charge in [0.05, 0.1) is 12.2 Å². The Morgan fingerprint density at radius 1 is 1.03 bits per heavy atom. The highest BCUT2D eigenvalue weighted by Gasteiger charge is 2.14. The highest BCUT2D eigenvalue weighted by atomic mass is 35.5. The van der Waals surface area contributed by atoms with Crippen molar-refractivity contribution >= 4 is 23.1 Å². The summed E-state index contributed by atoms with van der Waals surface area (Å²) in [4.78, 5) is 22.0. The lowest BCUT2D eigenvalue weighted by Crippen LogP contribution is -2.22. The fraction of sp³-hybridized carbons (Fsp3) is 0.227. The number of aromatic nitrogens is 4. The summed E-state index contributed by atoms with van der Waals surface area (Å²) >= 11 is 5.95. The standard InChI is InChI=1S/C22H22ClN5O/c1-13-5-4-6-14(2)20(13)24-12-19-26-22-25-15(3)18(21(29)28(22)27-19)11-16-7-9-17(23)10-8-16/h4-10,24H,11-12H2,1-3H3,(H,25,26,27). The van der Waals surface area contributed by atoms with Crippen molar-refractivity contribution in [2.45, 2.75) is 33.7 Å². The maximum absolute atomic E-state index is 13.0. The number of fused-ring (bicyclic) bond motifs is 1. The quantitative estimate of drug-likeness (QED) is 0.520. The molecule has 2 N–H and O–H groups in total. The van der Waals surface area contributed by atoms with Gasteiger partial charge in [-0.2, -0.15) is 9.50 Å². The summed E-state index contributed by atoms with van der Waals surface area (Å²) in [7, 11) is 0. The predicted octanol–water partition coefficient (Wildman–Crippen LogP) is 4.20. The largest absolute Gasteiger partial charge is 0.377 e. The van der Waals surface area contributed by atoms with Crippen molar-refractivity contribution in [3.8, 4) is 0 Å². The molecule has 0 atom stereocenters. The molecular weight excluding hydrogens is 386 g/mol. The first kappa shape index (κ1) is 19.2. The Labute approximate surface area is 173 Å². The number of anilines is 1. The van der Waals surface area contributed by atoms with Crippen LogP contribution in [0.25, 0.3) is 5.78 Å². The van der Waals surface area contributed by atoms with Crippen LogP contribution in [-0.4, -0.2) is 19.6 Å². The van der Waals surface area contributed by atoms with E-state index in [0.29, 0.717) is 40.8 Å². The first-order valence-corrected chi connectivity index (χ1v) is 9.82. The van der Waals surface area contributed by atoms with E-state index in [1.54, 1.807) is 0 Å². The molecule has 0 spiro atoms. The van der Waals surface area contributed by atoms with E-state index in [-0.39, 0.29) is 5.56 Å². The molecule has 0 aliphatic heterocycles. The molecule has 0 aliphatic carbocycles. The fourth-order valence-electron chi connectivity index (χ4n) is 3.45. The van der Waals surface area contributed by atoms with Crippen molar-refractivity contribution in [3.05, 3.63) is 91.6 Å². The molecule has 2 heterocycles. The van der Waals surface area contributed by atoms with Crippen molar-refractivity contribution < 1.29 is 0 Å². The van der Waals surface area contributed by atoms with Crippen molar-refractivity contribution in [3.63, 3.8) is 0 Å². The van der Waals surface area contributed by atoms with Gasteiger partial charge in [0, 0.05) is 22.7 Å². The molecule has 29 heavy (non-hydrogen) atoms. The lowest BCUT2D eigenvalue weighted by atomic mass is 10.1. The van der Waals surface area contributed by atoms with Gasteiger partial charge in [0.2, 0.25) is 0 Å². The summed E-state index contributed by atoms with van der Waals surface area (Å²) in [6.07, 6.45) is 0.493. The number of benzene rings is 2. The van der Waals surface area contributed by atoms with Crippen molar-refractivity contribution in [1.82, 2.24) is 19.6 Å². The molecule has 0 saturated carbocycles. The number of rotatable bonds is 5. The Bertz CT molecular complexity index is 1220. The molecule has 6 nitrogen and oxygen atoms in total.